The summed E-state index contributed by atoms with van der Waals surface area (Å²) in [6.45, 7) is 2.21. The van der Waals surface area contributed by atoms with Crippen LogP contribution < -0.4 is 0 Å². The summed E-state index contributed by atoms with van der Waals surface area (Å²) < 4.78 is 13.8. The minimum Gasteiger partial charge on any atom is -0.390 e. The lowest BCUT2D eigenvalue weighted by atomic mass is 9.87. The first-order chi connectivity index (χ1) is 8.50. The summed E-state index contributed by atoms with van der Waals surface area (Å²) in [6.07, 6.45) is 4.95. The minimum atomic E-state index is -0.795. The van der Waals surface area contributed by atoms with E-state index in [9.17, 15) is 9.50 Å². The highest BCUT2D eigenvalue weighted by molar-refractivity contribution is 6.31. The fourth-order valence-electron chi connectivity index (χ4n) is 2.77. The molecule has 1 nitrogen and oxygen atoms in total. The van der Waals surface area contributed by atoms with E-state index in [2.05, 4.69) is 6.92 Å². The van der Waals surface area contributed by atoms with Crippen LogP contribution in [0.1, 0.15) is 44.6 Å². The van der Waals surface area contributed by atoms with Crippen molar-refractivity contribution in [3.8, 4) is 0 Å². The van der Waals surface area contributed by atoms with E-state index in [4.69, 9.17) is 11.6 Å². The van der Waals surface area contributed by atoms with Gasteiger partial charge in [0.25, 0.3) is 0 Å². The van der Waals surface area contributed by atoms with E-state index in [1.807, 2.05) is 0 Å². The molecule has 0 amide bonds. The summed E-state index contributed by atoms with van der Waals surface area (Å²) in [5.41, 5.74) is -0.340. The molecule has 1 aliphatic rings. The number of aliphatic hydroxyl groups is 1. The highest BCUT2D eigenvalue weighted by atomic mass is 35.5. The van der Waals surface area contributed by atoms with Crippen LogP contribution in [0, 0.1) is 11.7 Å². The average Bonchev–Trinajstić information content (AvgIpc) is 2.47. The molecule has 1 N–H and O–H groups in total. The molecule has 1 aliphatic carbocycles. The lowest BCUT2D eigenvalue weighted by Gasteiger charge is -2.27. The minimum absolute atomic E-state index is 0.312. The zero-order valence-corrected chi connectivity index (χ0v) is 11.5. The van der Waals surface area contributed by atoms with Crippen molar-refractivity contribution >= 4 is 11.6 Å². The molecule has 1 aromatic carbocycles. The number of benzene rings is 1. The SMILES string of the molecule is CC1CCCC(O)(Cc2c(F)cccc2Cl)CC1. The van der Waals surface area contributed by atoms with Gasteiger partial charge in [-0.3, -0.25) is 0 Å². The molecular weight excluding hydrogens is 251 g/mol. The molecule has 0 spiro atoms. The van der Waals surface area contributed by atoms with Crippen molar-refractivity contribution in [3.63, 3.8) is 0 Å². The summed E-state index contributed by atoms with van der Waals surface area (Å²) in [7, 11) is 0. The Labute approximate surface area is 113 Å². The smallest absolute Gasteiger partial charge is 0.127 e. The first kappa shape index (κ1) is 13.8. The van der Waals surface area contributed by atoms with Gasteiger partial charge in [0.15, 0.2) is 0 Å². The van der Waals surface area contributed by atoms with E-state index in [0.717, 1.165) is 32.1 Å². The Hall–Kier alpha value is -0.600. The Bertz CT molecular complexity index is 401. The molecule has 0 radical (unpaired) electrons. The number of rotatable bonds is 2. The second kappa shape index (κ2) is 5.58. The van der Waals surface area contributed by atoms with Gasteiger partial charge in [-0.25, -0.2) is 4.39 Å². The van der Waals surface area contributed by atoms with Crippen molar-refractivity contribution in [1.29, 1.82) is 0 Å². The van der Waals surface area contributed by atoms with Crippen molar-refractivity contribution in [2.75, 3.05) is 0 Å². The Morgan fingerprint density at radius 1 is 1.39 bits per heavy atom. The van der Waals surface area contributed by atoms with Crippen molar-refractivity contribution in [2.45, 2.75) is 51.0 Å². The van der Waals surface area contributed by atoms with Gasteiger partial charge in [-0.05, 0) is 37.3 Å². The van der Waals surface area contributed by atoms with Gasteiger partial charge in [-0.15, -0.1) is 0 Å². The fraction of sp³-hybridized carbons (Fsp3) is 0.600. The zero-order chi connectivity index (χ0) is 13.2. The maximum Gasteiger partial charge on any atom is 0.127 e. The fourth-order valence-corrected chi connectivity index (χ4v) is 3.00. The topological polar surface area (TPSA) is 20.2 Å². The lowest BCUT2D eigenvalue weighted by Crippen LogP contribution is -2.31. The molecule has 0 bridgehead atoms. The third-order valence-corrected chi connectivity index (χ3v) is 4.36. The Kier molecular flexibility index (Phi) is 4.29. The van der Waals surface area contributed by atoms with Gasteiger partial charge >= 0.3 is 0 Å². The van der Waals surface area contributed by atoms with Crippen molar-refractivity contribution in [2.24, 2.45) is 5.92 Å². The van der Waals surface area contributed by atoms with E-state index in [1.165, 1.54) is 6.07 Å². The molecule has 0 heterocycles. The Morgan fingerprint density at radius 3 is 2.89 bits per heavy atom. The average molecular weight is 271 g/mol. The van der Waals surface area contributed by atoms with Crippen LogP contribution in [0.4, 0.5) is 4.39 Å². The monoisotopic (exact) mass is 270 g/mol. The maximum absolute atomic E-state index is 13.8. The van der Waals surface area contributed by atoms with Crippen LogP contribution in [0.5, 0.6) is 0 Å². The summed E-state index contributed by atoms with van der Waals surface area (Å²) in [6, 6.07) is 4.69. The van der Waals surface area contributed by atoms with Gasteiger partial charge in [0.2, 0.25) is 0 Å². The van der Waals surface area contributed by atoms with Crippen molar-refractivity contribution in [3.05, 3.63) is 34.6 Å². The second-order valence-electron chi connectivity index (χ2n) is 5.64. The van der Waals surface area contributed by atoms with Gasteiger partial charge < -0.3 is 5.11 Å². The van der Waals surface area contributed by atoms with Crippen LogP contribution in [-0.2, 0) is 6.42 Å². The quantitative estimate of drug-likeness (QED) is 0.792. The van der Waals surface area contributed by atoms with Crippen LogP contribution in [0.15, 0.2) is 18.2 Å². The van der Waals surface area contributed by atoms with Gasteiger partial charge in [0.05, 0.1) is 5.60 Å². The van der Waals surface area contributed by atoms with Gasteiger partial charge in [0, 0.05) is 17.0 Å². The van der Waals surface area contributed by atoms with Crippen LogP contribution in [-0.4, -0.2) is 10.7 Å². The molecular formula is C15H20ClFO. The third-order valence-electron chi connectivity index (χ3n) is 4.01. The molecule has 2 unspecified atom stereocenters. The summed E-state index contributed by atoms with van der Waals surface area (Å²) >= 11 is 6.03. The van der Waals surface area contributed by atoms with Crippen LogP contribution in [0.25, 0.3) is 0 Å². The first-order valence-corrected chi connectivity index (χ1v) is 7.03. The van der Waals surface area contributed by atoms with E-state index < -0.39 is 5.60 Å². The second-order valence-corrected chi connectivity index (χ2v) is 6.04. The predicted molar refractivity (Wildman–Crippen MR) is 72.3 cm³/mol. The first-order valence-electron chi connectivity index (χ1n) is 6.65. The highest BCUT2D eigenvalue weighted by Gasteiger charge is 2.31. The molecule has 2 atom stereocenters. The van der Waals surface area contributed by atoms with E-state index in [1.54, 1.807) is 12.1 Å². The van der Waals surface area contributed by atoms with E-state index >= 15 is 0 Å². The molecule has 1 aromatic rings. The van der Waals surface area contributed by atoms with E-state index in [-0.39, 0.29) is 5.82 Å². The molecule has 1 fully saturated rings. The van der Waals surface area contributed by atoms with Gasteiger partial charge in [0.1, 0.15) is 5.82 Å². The van der Waals surface area contributed by atoms with E-state index in [0.29, 0.717) is 22.9 Å². The third kappa shape index (κ3) is 3.24. The Morgan fingerprint density at radius 2 is 2.17 bits per heavy atom. The maximum atomic E-state index is 13.8. The summed E-state index contributed by atoms with van der Waals surface area (Å²) in [5, 5.41) is 11.1. The van der Waals surface area contributed by atoms with Crippen LogP contribution in [0.3, 0.4) is 0 Å². The summed E-state index contributed by atoms with van der Waals surface area (Å²) in [4.78, 5) is 0. The highest BCUT2D eigenvalue weighted by Crippen LogP contribution is 2.34. The molecule has 1 saturated carbocycles. The Balaban J connectivity index is 2.16. The number of hydrogen-bond acceptors (Lipinski definition) is 1. The van der Waals surface area contributed by atoms with Gasteiger partial charge in [-0.1, -0.05) is 37.4 Å². The molecule has 100 valence electrons. The van der Waals surface area contributed by atoms with Crippen LogP contribution >= 0.6 is 11.6 Å². The molecule has 3 heteroatoms. The molecule has 0 aliphatic heterocycles. The molecule has 18 heavy (non-hydrogen) atoms. The van der Waals surface area contributed by atoms with Crippen molar-refractivity contribution < 1.29 is 9.50 Å². The number of halogens is 2. The van der Waals surface area contributed by atoms with Crippen molar-refractivity contribution in [1.82, 2.24) is 0 Å². The standard InChI is InChI=1S/C15H20ClFO/c1-11-4-3-8-15(18,9-7-11)10-12-13(16)5-2-6-14(12)17/h2,5-6,11,18H,3-4,7-10H2,1H3. The van der Waals surface area contributed by atoms with Gasteiger partial charge in [-0.2, -0.15) is 0 Å². The molecule has 0 aromatic heterocycles. The molecule has 2 rings (SSSR count). The van der Waals surface area contributed by atoms with Crippen LogP contribution in [0.2, 0.25) is 5.02 Å². The number of hydrogen-bond donors (Lipinski definition) is 1. The normalized spacial score (nSPS) is 29.0. The summed E-state index contributed by atoms with van der Waals surface area (Å²) in [5.74, 6) is 0.336. The predicted octanol–water partition coefficient (Wildman–Crippen LogP) is 4.35. The zero-order valence-electron chi connectivity index (χ0n) is 10.8. The molecule has 0 saturated heterocycles. The lowest BCUT2D eigenvalue weighted by molar-refractivity contribution is 0.0236. The largest absolute Gasteiger partial charge is 0.390 e.